The van der Waals surface area contributed by atoms with E-state index in [1.54, 1.807) is 0 Å². The van der Waals surface area contributed by atoms with Crippen LogP contribution in [-0.2, 0) is 4.79 Å². The van der Waals surface area contributed by atoms with Gasteiger partial charge in [0.2, 0.25) is 0 Å². The van der Waals surface area contributed by atoms with Crippen molar-refractivity contribution in [1.29, 1.82) is 0 Å². The van der Waals surface area contributed by atoms with Crippen LogP contribution in [0.3, 0.4) is 0 Å². The number of Topliss-reactive ketones (excluding diaryl/α,β-unsaturated/α-hetero) is 1. The third kappa shape index (κ3) is 3.46. The van der Waals surface area contributed by atoms with Crippen LogP contribution < -0.4 is 0 Å². The molecule has 1 unspecified atom stereocenters. The van der Waals surface area contributed by atoms with Gasteiger partial charge in [-0.3, -0.25) is 9.69 Å². The first-order valence-electron chi connectivity index (χ1n) is 5.95. The van der Waals surface area contributed by atoms with E-state index in [-0.39, 0.29) is 5.92 Å². The summed E-state index contributed by atoms with van der Waals surface area (Å²) in [4.78, 5) is 14.2. The van der Waals surface area contributed by atoms with E-state index >= 15 is 0 Å². The van der Waals surface area contributed by atoms with Gasteiger partial charge in [-0.15, -0.1) is 0 Å². The van der Waals surface area contributed by atoms with Crippen molar-refractivity contribution in [2.75, 3.05) is 20.1 Å². The number of hydrogen-bond acceptors (Lipinski definition) is 2. The smallest absolute Gasteiger partial charge is 0.154 e. The van der Waals surface area contributed by atoms with E-state index in [9.17, 15) is 4.79 Å². The van der Waals surface area contributed by atoms with E-state index in [2.05, 4.69) is 13.8 Å². The molecule has 0 aliphatic heterocycles. The zero-order valence-electron chi connectivity index (χ0n) is 10.4. The highest BCUT2D eigenvalue weighted by atomic mass is 16.1. The lowest BCUT2D eigenvalue weighted by molar-refractivity contribution is -0.121. The quantitative estimate of drug-likeness (QED) is 0.733. The second-order valence-electron chi connectivity index (χ2n) is 4.17. The predicted octanol–water partition coefficient (Wildman–Crippen LogP) is 2.70. The van der Waals surface area contributed by atoms with Crippen LogP contribution in [0.2, 0.25) is 0 Å². The molecular weight excluding hydrogens is 198 g/mol. The fourth-order valence-corrected chi connectivity index (χ4v) is 1.82. The molecule has 0 amide bonds. The monoisotopic (exact) mass is 219 g/mol. The Kier molecular flexibility index (Phi) is 5.20. The van der Waals surface area contributed by atoms with Crippen molar-refractivity contribution in [2.45, 2.75) is 26.2 Å². The molecular formula is C14H21NO. The Morgan fingerprint density at radius 3 is 2.38 bits per heavy atom. The molecule has 16 heavy (non-hydrogen) atoms. The average molecular weight is 219 g/mol. The Morgan fingerprint density at radius 2 is 1.88 bits per heavy atom. The van der Waals surface area contributed by atoms with Crippen LogP contribution >= 0.6 is 0 Å². The first-order valence-corrected chi connectivity index (χ1v) is 5.95. The molecule has 1 rings (SSSR count). The first kappa shape index (κ1) is 12.9. The van der Waals surface area contributed by atoms with Crippen LogP contribution in [0.1, 0.15) is 31.7 Å². The fourth-order valence-electron chi connectivity index (χ4n) is 1.82. The van der Waals surface area contributed by atoms with Gasteiger partial charge in [-0.25, -0.2) is 0 Å². The van der Waals surface area contributed by atoms with Gasteiger partial charge in [-0.1, -0.05) is 44.2 Å². The molecule has 0 spiro atoms. The van der Waals surface area contributed by atoms with Crippen LogP contribution in [0.15, 0.2) is 30.3 Å². The molecule has 2 heteroatoms. The van der Waals surface area contributed by atoms with Crippen molar-refractivity contribution in [3.63, 3.8) is 0 Å². The molecule has 0 fully saturated rings. The number of benzene rings is 1. The van der Waals surface area contributed by atoms with Crippen molar-refractivity contribution in [3.8, 4) is 0 Å². The van der Waals surface area contributed by atoms with Crippen LogP contribution in [0.4, 0.5) is 0 Å². The number of rotatable bonds is 6. The molecule has 0 saturated heterocycles. The lowest BCUT2D eigenvalue weighted by Crippen LogP contribution is -2.29. The zero-order chi connectivity index (χ0) is 12.0. The van der Waals surface area contributed by atoms with E-state index < -0.39 is 0 Å². The SMILES string of the molecule is CCC(C(=O)CN(C)CC)c1ccccc1. The molecule has 1 aromatic carbocycles. The van der Waals surface area contributed by atoms with Gasteiger partial charge in [-0.2, -0.15) is 0 Å². The normalized spacial score (nSPS) is 12.8. The second-order valence-corrected chi connectivity index (χ2v) is 4.17. The summed E-state index contributed by atoms with van der Waals surface area (Å²) in [5.41, 5.74) is 1.14. The van der Waals surface area contributed by atoms with Crippen LogP contribution in [0.5, 0.6) is 0 Å². The number of nitrogens with zero attached hydrogens (tertiary/aromatic N) is 1. The van der Waals surface area contributed by atoms with Crippen molar-refractivity contribution in [2.24, 2.45) is 0 Å². The largest absolute Gasteiger partial charge is 0.299 e. The Hall–Kier alpha value is -1.15. The number of likely N-dealkylation sites (N-methyl/N-ethyl adjacent to an activating group) is 1. The minimum atomic E-state index is 0.0511. The van der Waals surface area contributed by atoms with Gasteiger partial charge < -0.3 is 0 Å². The molecule has 0 N–H and O–H groups in total. The summed E-state index contributed by atoms with van der Waals surface area (Å²) in [6, 6.07) is 10.1. The fraction of sp³-hybridized carbons (Fsp3) is 0.500. The summed E-state index contributed by atoms with van der Waals surface area (Å²) in [5, 5.41) is 0. The molecule has 1 atom stereocenters. The summed E-state index contributed by atoms with van der Waals surface area (Å²) in [7, 11) is 1.98. The molecule has 1 aromatic rings. The maximum Gasteiger partial charge on any atom is 0.154 e. The Labute approximate surface area is 98.3 Å². The van der Waals surface area contributed by atoms with Crippen LogP contribution in [0.25, 0.3) is 0 Å². The zero-order valence-corrected chi connectivity index (χ0v) is 10.4. The molecule has 0 heterocycles. The Morgan fingerprint density at radius 1 is 1.25 bits per heavy atom. The third-order valence-corrected chi connectivity index (χ3v) is 2.96. The average Bonchev–Trinajstić information content (AvgIpc) is 2.31. The lowest BCUT2D eigenvalue weighted by Gasteiger charge is -2.18. The highest BCUT2D eigenvalue weighted by Gasteiger charge is 2.18. The molecule has 0 saturated carbocycles. The standard InChI is InChI=1S/C14H21NO/c1-4-13(12-9-7-6-8-10-12)14(16)11-15(3)5-2/h6-10,13H,4-5,11H2,1-3H3. The number of ketones is 1. The van der Waals surface area contributed by atoms with Gasteiger partial charge in [0.1, 0.15) is 0 Å². The molecule has 0 aromatic heterocycles. The maximum absolute atomic E-state index is 12.1. The molecule has 0 aliphatic carbocycles. The van der Waals surface area contributed by atoms with Gasteiger partial charge in [0, 0.05) is 5.92 Å². The minimum Gasteiger partial charge on any atom is -0.299 e. The first-order chi connectivity index (χ1) is 7.69. The van der Waals surface area contributed by atoms with E-state index in [1.807, 2.05) is 42.3 Å². The van der Waals surface area contributed by atoms with Gasteiger partial charge in [0.15, 0.2) is 5.78 Å². The topological polar surface area (TPSA) is 20.3 Å². The number of carbonyl (C=O) groups excluding carboxylic acids is 1. The number of carbonyl (C=O) groups is 1. The van der Waals surface area contributed by atoms with Gasteiger partial charge in [0.05, 0.1) is 6.54 Å². The van der Waals surface area contributed by atoms with E-state index in [4.69, 9.17) is 0 Å². The summed E-state index contributed by atoms with van der Waals surface area (Å²) >= 11 is 0. The number of hydrogen-bond donors (Lipinski definition) is 0. The highest BCUT2D eigenvalue weighted by molar-refractivity contribution is 5.87. The summed E-state index contributed by atoms with van der Waals surface area (Å²) in [6.07, 6.45) is 0.875. The third-order valence-electron chi connectivity index (χ3n) is 2.96. The van der Waals surface area contributed by atoms with Gasteiger partial charge in [0.25, 0.3) is 0 Å². The van der Waals surface area contributed by atoms with Crippen molar-refractivity contribution in [3.05, 3.63) is 35.9 Å². The summed E-state index contributed by atoms with van der Waals surface area (Å²) < 4.78 is 0. The van der Waals surface area contributed by atoms with Crippen molar-refractivity contribution in [1.82, 2.24) is 4.90 Å². The molecule has 0 bridgehead atoms. The van der Waals surface area contributed by atoms with Crippen LogP contribution in [-0.4, -0.2) is 30.8 Å². The van der Waals surface area contributed by atoms with Crippen LogP contribution in [0, 0.1) is 0 Å². The van der Waals surface area contributed by atoms with Gasteiger partial charge >= 0.3 is 0 Å². The summed E-state index contributed by atoms with van der Waals surface area (Å²) in [6.45, 7) is 5.60. The van der Waals surface area contributed by atoms with Gasteiger partial charge in [-0.05, 0) is 25.6 Å². The molecule has 88 valence electrons. The predicted molar refractivity (Wildman–Crippen MR) is 67.7 cm³/mol. The molecule has 0 radical (unpaired) electrons. The highest BCUT2D eigenvalue weighted by Crippen LogP contribution is 2.20. The lowest BCUT2D eigenvalue weighted by atomic mass is 9.92. The summed E-state index contributed by atoms with van der Waals surface area (Å²) in [5.74, 6) is 0.369. The molecule has 2 nitrogen and oxygen atoms in total. The van der Waals surface area contributed by atoms with Crippen molar-refractivity contribution < 1.29 is 4.79 Å². The minimum absolute atomic E-state index is 0.0511. The Bertz CT molecular complexity index is 321. The second kappa shape index (κ2) is 6.44. The van der Waals surface area contributed by atoms with E-state index in [0.717, 1.165) is 18.5 Å². The van der Waals surface area contributed by atoms with E-state index in [0.29, 0.717) is 12.3 Å². The molecule has 0 aliphatic rings. The van der Waals surface area contributed by atoms with E-state index in [1.165, 1.54) is 0 Å². The van der Waals surface area contributed by atoms with Crippen molar-refractivity contribution >= 4 is 5.78 Å². The maximum atomic E-state index is 12.1. The Balaban J connectivity index is 2.71.